The summed E-state index contributed by atoms with van der Waals surface area (Å²) in [5, 5.41) is 23.8. The van der Waals surface area contributed by atoms with Crippen molar-refractivity contribution in [3.63, 3.8) is 0 Å². The average Bonchev–Trinajstić information content (AvgIpc) is 3.29. The molecule has 0 unspecified atom stereocenters. The molecule has 5 rings (SSSR count). The second-order valence-corrected chi connectivity index (χ2v) is 10.2. The van der Waals surface area contributed by atoms with Gasteiger partial charge in [0.1, 0.15) is 5.82 Å². The second-order valence-electron chi connectivity index (χ2n) is 8.24. The molecule has 0 fully saturated rings. The molecule has 9 nitrogen and oxygen atoms in total. The monoisotopic (exact) mass is 488 g/mol. The van der Waals surface area contributed by atoms with Crippen molar-refractivity contribution in [1.29, 1.82) is 0 Å². The fourth-order valence-electron chi connectivity index (χ4n) is 3.94. The summed E-state index contributed by atoms with van der Waals surface area (Å²) in [6.07, 6.45) is 5.10. The van der Waals surface area contributed by atoms with Gasteiger partial charge in [0, 0.05) is 17.6 Å². The summed E-state index contributed by atoms with van der Waals surface area (Å²) in [5.74, 6) is 0.820. The molecule has 1 aliphatic rings. The van der Waals surface area contributed by atoms with E-state index in [2.05, 4.69) is 30.8 Å². The first kappa shape index (κ1) is 22.8. The van der Waals surface area contributed by atoms with Gasteiger partial charge >= 0.3 is 0 Å². The third kappa shape index (κ3) is 4.79. The standard InChI is InChI=1S/C25H24N6O3S/c1-16-12-21(31-30-16)20-14-26-25(29-24(20)28-22(15-32)17-6-3-2-4-7-17)27-19-9-10-23-18(13-19)8-5-11-35(23,33)34/h2-10,12-14,22,32H,11,15H2,1H3,(H,30,31)(H2,26,27,28,29)/t22-/m1/s1. The minimum atomic E-state index is -3.30. The van der Waals surface area contributed by atoms with Crippen LogP contribution >= 0.6 is 0 Å². The van der Waals surface area contributed by atoms with E-state index in [0.717, 1.165) is 11.3 Å². The van der Waals surface area contributed by atoms with Crippen LogP contribution < -0.4 is 10.6 Å². The summed E-state index contributed by atoms with van der Waals surface area (Å²) < 4.78 is 24.6. The van der Waals surface area contributed by atoms with E-state index < -0.39 is 15.9 Å². The molecule has 0 saturated carbocycles. The van der Waals surface area contributed by atoms with Crippen molar-refractivity contribution in [1.82, 2.24) is 20.2 Å². The number of rotatable bonds is 7. The molecular weight excluding hydrogens is 464 g/mol. The molecule has 178 valence electrons. The zero-order valence-electron chi connectivity index (χ0n) is 18.9. The lowest BCUT2D eigenvalue weighted by Crippen LogP contribution is -2.17. The molecule has 0 amide bonds. The van der Waals surface area contributed by atoms with Gasteiger partial charge in [-0.1, -0.05) is 42.5 Å². The Morgan fingerprint density at radius 3 is 2.71 bits per heavy atom. The number of fused-ring (bicyclic) bond motifs is 1. The van der Waals surface area contributed by atoms with E-state index in [9.17, 15) is 13.5 Å². The number of anilines is 3. The molecule has 2 aromatic carbocycles. The molecular formula is C25H24N6O3S. The summed E-state index contributed by atoms with van der Waals surface area (Å²) in [4.78, 5) is 9.44. The summed E-state index contributed by atoms with van der Waals surface area (Å²) in [6, 6.07) is 16.1. The fraction of sp³-hybridized carbons (Fsp3) is 0.160. The van der Waals surface area contributed by atoms with E-state index in [1.54, 1.807) is 36.5 Å². The number of nitrogens with zero attached hydrogens (tertiary/aromatic N) is 3. The SMILES string of the molecule is Cc1cc(-c2cnc(Nc3ccc4c(c3)C=CCS4(=O)=O)nc2N[C@H](CO)c2ccccc2)n[nH]1. The first-order valence-electron chi connectivity index (χ1n) is 11.0. The van der Waals surface area contributed by atoms with Crippen LogP contribution in [0.4, 0.5) is 17.5 Å². The fourth-order valence-corrected chi connectivity index (χ4v) is 5.23. The number of aromatic nitrogens is 4. The van der Waals surface area contributed by atoms with E-state index in [0.29, 0.717) is 39.2 Å². The summed E-state index contributed by atoms with van der Waals surface area (Å²) in [5.41, 5.74) is 4.43. The topological polar surface area (TPSA) is 133 Å². The van der Waals surface area contributed by atoms with Crippen LogP contribution in [0.15, 0.2) is 71.8 Å². The van der Waals surface area contributed by atoms with E-state index in [4.69, 9.17) is 0 Å². The zero-order chi connectivity index (χ0) is 24.4. The maximum Gasteiger partial charge on any atom is 0.229 e. The molecule has 0 bridgehead atoms. The van der Waals surface area contributed by atoms with Crippen molar-refractivity contribution in [3.8, 4) is 11.3 Å². The number of hydrogen-bond acceptors (Lipinski definition) is 8. The zero-order valence-corrected chi connectivity index (χ0v) is 19.7. The normalized spacial score (nSPS) is 14.8. The molecule has 0 aliphatic carbocycles. The molecule has 0 spiro atoms. The van der Waals surface area contributed by atoms with Gasteiger partial charge in [0.15, 0.2) is 9.84 Å². The van der Waals surface area contributed by atoms with Gasteiger partial charge in [-0.15, -0.1) is 0 Å². The van der Waals surface area contributed by atoms with Gasteiger partial charge < -0.3 is 15.7 Å². The number of nitrogens with one attached hydrogen (secondary N) is 3. The second kappa shape index (κ2) is 9.32. The van der Waals surface area contributed by atoms with Crippen LogP contribution in [0.25, 0.3) is 17.3 Å². The van der Waals surface area contributed by atoms with Crippen LogP contribution in [0.5, 0.6) is 0 Å². The highest BCUT2D eigenvalue weighted by molar-refractivity contribution is 7.91. The smallest absolute Gasteiger partial charge is 0.229 e. The quantitative estimate of drug-likeness (QED) is 0.308. The Labute approximate surface area is 202 Å². The van der Waals surface area contributed by atoms with Gasteiger partial charge in [0.05, 0.1) is 34.6 Å². The summed E-state index contributed by atoms with van der Waals surface area (Å²) >= 11 is 0. The number of aliphatic hydroxyl groups excluding tert-OH is 1. The van der Waals surface area contributed by atoms with Crippen LogP contribution in [0.3, 0.4) is 0 Å². The predicted octanol–water partition coefficient (Wildman–Crippen LogP) is 3.86. The number of aryl methyl sites for hydroxylation is 1. The van der Waals surface area contributed by atoms with Crippen molar-refractivity contribution >= 4 is 33.4 Å². The van der Waals surface area contributed by atoms with Gasteiger partial charge in [-0.05, 0) is 42.3 Å². The van der Waals surface area contributed by atoms with Gasteiger partial charge in [0.2, 0.25) is 5.95 Å². The van der Waals surface area contributed by atoms with Gasteiger partial charge in [-0.2, -0.15) is 10.1 Å². The number of sulfone groups is 1. The third-order valence-corrected chi connectivity index (χ3v) is 7.35. The lowest BCUT2D eigenvalue weighted by molar-refractivity contribution is 0.276. The number of hydrogen-bond donors (Lipinski definition) is 4. The predicted molar refractivity (Wildman–Crippen MR) is 135 cm³/mol. The lowest BCUT2D eigenvalue weighted by atomic mass is 10.1. The van der Waals surface area contributed by atoms with Crippen molar-refractivity contribution in [2.24, 2.45) is 0 Å². The Balaban J connectivity index is 1.49. The van der Waals surface area contributed by atoms with E-state index >= 15 is 0 Å². The molecule has 0 radical (unpaired) electrons. The Bertz CT molecular complexity index is 1500. The van der Waals surface area contributed by atoms with Crippen molar-refractivity contribution in [2.45, 2.75) is 17.9 Å². The molecule has 3 heterocycles. The van der Waals surface area contributed by atoms with E-state index in [-0.39, 0.29) is 12.4 Å². The highest BCUT2D eigenvalue weighted by Crippen LogP contribution is 2.31. The lowest BCUT2D eigenvalue weighted by Gasteiger charge is -2.20. The van der Waals surface area contributed by atoms with Crippen LogP contribution in [0.1, 0.15) is 22.9 Å². The minimum absolute atomic E-state index is 0.00643. The summed E-state index contributed by atoms with van der Waals surface area (Å²) in [6.45, 7) is 1.77. The molecule has 4 aromatic rings. The average molecular weight is 489 g/mol. The third-order valence-electron chi connectivity index (χ3n) is 5.68. The highest BCUT2D eigenvalue weighted by atomic mass is 32.2. The molecule has 35 heavy (non-hydrogen) atoms. The van der Waals surface area contributed by atoms with Gasteiger partial charge in [-0.25, -0.2) is 13.4 Å². The van der Waals surface area contributed by atoms with Crippen LogP contribution in [0.2, 0.25) is 0 Å². The van der Waals surface area contributed by atoms with Gasteiger partial charge in [-0.3, -0.25) is 5.10 Å². The largest absolute Gasteiger partial charge is 0.394 e. The number of benzene rings is 2. The van der Waals surface area contributed by atoms with Crippen LogP contribution in [-0.2, 0) is 9.84 Å². The molecule has 0 saturated heterocycles. The van der Waals surface area contributed by atoms with Crippen molar-refractivity contribution in [2.75, 3.05) is 23.0 Å². The van der Waals surface area contributed by atoms with E-state index in [1.807, 2.05) is 43.3 Å². The Morgan fingerprint density at radius 1 is 1.14 bits per heavy atom. The molecule has 2 aromatic heterocycles. The maximum absolute atomic E-state index is 12.3. The first-order valence-corrected chi connectivity index (χ1v) is 12.7. The minimum Gasteiger partial charge on any atom is -0.394 e. The highest BCUT2D eigenvalue weighted by Gasteiger charge is 2.21. The van der Waals surface area contributed by atoms with Crippen LogP contribution in [0, 0.1) is 6.92 Å². The van der Waals surface area contributed by atoms with Crippen LogP contribution in [-0.4, -0.2) is 46.0 Å². The molecule has 1 aliphatic heterocycles. The summed E-state index contributed by atoms with van der Waals surface area (Å²) in [7, 11) is -3.30. The molecule has 10 heteroatoms. The van der Waals surface area contributed by atoms with Crippen molar-refractivity contribution < 1.29 is 13.5 Å². The van der Waals surface area contributed by atoms with Crippen molar-refractivity contribution in [3.05, 3.63) is 83.7 Å². The number of aliphatic hydroxyl groups is 1. The van der Waals surface area contributed by atoms with Gasteiger partial charge in [0.25, 0.3) is 0 Å². The molecule has 4 N–H and O–H groups in total. The number of aromatic amines is 1. The maximum atomic E-state index is 12.3. The Morgan fingerprint density at radius 2 is 1.97 bits per heavy atom. The van der Waals surface area contributed by atoms with E-state index in [1.165, 1.54) is 0 Å². The molecule has 1 atom stereocenters. The number of H-pyrrole nitrogens is 1. The first-order chi connectivity index (χ1) is 16.9. The Kier molecular flexibility index (Phi) is 6.06. The Hall–Kier alpha value is -4.02.